The van der Waals surface area contributed by atoms with Gasteiger partial charge < -0.3 is 9.84 Å². The summed E-state index contributed by atoms with van der Waals surface area (Å²) in [5, 5.41) is 10.7. The highest BCUT2D eigenvalue weighted by Crippen LogP contribution is 2.29. The van der Waals surface area contributed by atoms with E-state index in [2.05, 4.69) is 15.9 Å². The Balaban J connectivity index is 2.38. The Morgan fingerprint density at radius 2 is 1.95 bits per heavy atom. The second-order valence-corrected chi connectivity index (χ2v) is 5.35. The largest absolute Gasteiger partial charge is 0.494 e. The predicted molar refractivity (Wildman–Crippen MR) is 76.2 cm³/mol. The minimum Gasteiger partial charge on any atom is -0.494 e. The lowest BCUT2D eigenvalue weighted by Gasteiger charge is -2.13. The molecule has 2 nitrogen and oxygen atoms in total. The fraction of sp³-hybridized carbons (Fsp3) is 0.143. The molecule has 0 bridgehead atoms. The SMILES string of the molecule is COc1ccc(C(O)c2cc(Cl)cc(Br)c2)cc1F. The third-order valence-electron chi connectivity index (χ3n) is 2.69. The summed E-state index contributed by atoms with van der Waals surface area (Å²) in [5.74, 6) is -0.372. The van der Waals surface area contributed by atoms with Gasteiger partial charge in [-0.3, -0.25) is 0 Å². The van der Waals surface area contributed by atoms with Crippen molar-refractivity contribution < 1.29 is 14.2 Å². The molecule has 0 saturated heterocycles. The normalized spacial score (nSPS) is 12.3. The molecule has 0 fully saturated rings. The predicted octanol–water partition coefficient (Wildman–Crippen LogP) is 4.33. The quantitative estimate of drug-likeness (QED) is 0.897. The second-order valence-electron chi connectivity index (χ2n) is 4.00. The average Bonchev–Trinajstić information content (AvgIpc) is 2.36. The molecule has 0 spiro atoms. The van der Waals surface area contributed by atoms with E-state index in [-0.39, 0.29) is 5.75 Å². The molecule has 2 aromatic carbocycles. The maximum atomic E-state index is 13.6. The van der Waals surface area contributed by atoms with Gasteiger partial charge in [0.1, 0.15) is 6.10 Å². The summed E-state index contributed by atoms with van der Waals surface area (Å²) >= 11 is 9.23. The van der Waals surface area contributed by atoms with Crippen LogP contribution in [-0.2, 0) is 0 Å². The van der Waals surface area contributed by atoms with Gasteiger partial charge in [0.2, 0.25) is 0 Å². The smallest absolute Gasteiger partial charge is 0.165 e. The van der Waals surface area contributed by atoms with Crippen molar-refractivity contribution in [1.29, 1.82) is 0 Å². The van der Waals surface area contributed by atoms with Crippen LogP contribution in [0.25, 0.3) is 0 Å². The molecule has 1 N–H and O–H groups in total. The lowest BCUT2D eigenvalue weighted by atomic mass is 10.0. The van der Waals surface area contributed by atoms with Gasteiger partial charge in [-0.1, -0.05) is 33.6 Å². The molecule has 2 rings (SSSR count). The number of ether oxygens (including phenoxy) is 1. The maximum Gasteiger partial charge on any atom is 0.165 e. The first-order valence-electron chi connectivity index (χ1n) is 5.48. The Hall–Kier alpha value is -1.10. The monoisotopic (exact) mass is 344 g/mol. The molecule has 2 aromatic rings. The number of aliphatic hydroxyl groups is 1. The van der Waals surface area contributed by atoms with Crippen LogP contribution < -0.4 is 4.74 Å². The molecule has 0 aliphatic carbocycles. The summed E-state index contributed by atoms with van der Waals surface area (Å²) in [7, 11) is 1.39. The van der Waals surface area contributed by atoms with Crippen molar-refractivity contribution in [3.63, 3.8) is 0 Å². The van der Waals surface area contributed by atoms with Crippen LogP contribution >= 0.6 is 27.5 Å². The van der Waals surface area contributed by atoms with Crippen molar-refractivity contribution in [3.8, 4) is 5.75 Å². The Labute approximate surface area is 123 Å². The number of hydrogen-bond acceptors (Lipinski definition) is 2. The zero-order valence-corrected chi connectivity index (χ0v) is 12.4. The summed E-state index contributed by atoms with van der Waals surface area (Å²) in [5.41, 5.74) is 1.02. The minimum absolute atomic E-state index is 0.142. The number of aliphatic hydroxyl groups excluding tert-OH is 1. The molecule has 5 heteroatoms. The first-order chi connectivity index (χ1) is 9.01. The molecule has 0 amide bonds. The maximum absolute atomic E-state index is 13.6. The van der Waals surface area contributed by atoms with E-state index in [1.807, 2.05) is 0 Å². The minimum atomic E-state index is -0.949. The highest BCUT2D eigenvalue weighted by atomic mass is 79.9. The van der Waals surface area contributed by atoms with Crippen LogP contribution in [-0.4, -0.2) is 12.2 Å². The van der Waals surface area contributed by atoms with Crippen LogP contribution in [0, 0.1) is 5.82 Å². The van der Waals surface area contributed by atoms with Crippen LogP contribution in [0.5, 0.6) is 5.75 Å². The summed E-state index contributed by atoms with van der Waals surface area (Å²) in [6.07, 6.45) is -0.949. The number of halogens is 3. The van der Waals surface area contributed by atoms with E-state index in [1.165, 1.54) is 19.2 Å². The fourth-order valence-electron chi connectivity index (χ4n) is 1.78. The number of benzene rings is 2. The zero-order chi connectivity index (χ0) is 14.0. The Kier molecular flexibility index (Phi) is 4.45. The van der Waals surface area contributed by atoms with Crippen molar-refractivity contribution in [2.45, 2.75) is 6.10 Å². The van der Waals surface area contributed by atoms with E-state index < -0.39 is 11.9 Å². The number of hydrogen-bond donors (Lipinski definition) is 1. The van der Waals surface area contributed by atoms with Crippen molar-refractivity contribution in [2.75, 3.05) is 7.11 Å². The summed E-state index contributed by atoms with van der Waals surface area (Å²) in [4.78, 5) is 0. The van der Waals surface area contributed by atoms with Gasteiger partial charge in [0.05, 0.1) is 7.11 Å². The molecule has 19 heavy (non-hydrogen) atoms. The molecule has 0 aromatic heterocycles. The summed E-state index contributed by atoms with van der Waals surface area (Å²) < 4.78 is 19.2. The van der Waals surface area contributed by atoms with Crippen molar-refractivity contribution in [3.05, 3.63) is 62.8 Å². The third kappa shape index (κ3) is 3.26. The summed E-state index contributed by atoms with van der Waals surface area (Å²) in [6.45, 7) is 0. The van der Waals surface area contributed by atoms with Gasteiger partial charge in [0.25, 0.3) is 0 Å². The van der Waals surface area contributed by atoms with Crippen LogP contribution in [0.2, 0.25) is 5.02 Å². The van der Waals surface area contributed by atoms with Gasteiger partial charge in [-0.25, -0.2) is 4.39 Å². The highest BCUT2D eigenvalue weighted by molar-refractivity contribution is 9.10. The van der Waals surface area contributed by atoms with E-state index in [0.717, 1.165) is 4.47 Å². The topological polar surface area (TPSA) is 29.5 Å². The van der Waals surface area contributed by atoms with Gasteiger partial charge in [-0.15, -0.1) is 0 Å². The Morgan fingerprint density at radius 3 is 2.53 bits per heavy atom. The van der Waals surface area contributed by atoms with Gasteiger partial charge >= 0.3 is 0 Å². The van der Waals surface area contributed by atoms with Gasteiger partial charge in [-0.05, 0) is 41.5 Å². The van der Waals surface area contributed by atoms with Gasteiger partial charge in [0, 0.05) is 9.50 Å². The van der Waals surface area contributed by atoms with Crippen molar-refractivity contribution in [1.82, 2.24) is 0 Å². The lowest BCUT2D eigenvalue weighted by molar-refractivity contribution is 0.219. The lowest BCUT2D eigenvalue weighted by Crippen LogP contribution is -2.01. The van der Waals surface area contributed by atoms with Crippen molar-refractivity contribution in [2.24, 2.45) is 0 Å². The fourth-order valence-corrected chi connectivity index (χ4v) is 2.66. The van der Waals surface area contributed by atoms with Crippen LogP contribution in [0.4, 0.5) is 4.39 Å². The first-order valence-corrected chi connectivity index (χ1v) is 6.66. The molecule has 0 aliphatic rings. The molecule has 1 unspecified atom stereocenters. The standard InChI is InChI=1S/C14H11BrClFO2/c1-19-13-3-2-8(6-12(13)17)14(18)9-4-10(15)7-11(16)5-9/h2-7,14,18H,1H3. The molecule has 1 atom stereocenters. The van der Waals surface area contributed by atoms with E-state index in [0.29, 0.717) is 16.1 Å². The molecular weight excluding hydrogens is 335 g/mol. The van der Waals surface area contributed by atoms with Crippen LogP contribution in [0.3, 0.4) is 0 Å². The molecule has 0 aliphatic heterocycles. The number of rotatable bonds is 3. The number of methoxy groups -OCH3 is 1. The van der Waals surface area contributed by atoms with Crippen molar-refractivity contribution >= 4 is 27.5 Å². The molecule has 0 radical (unpaired) electrons. The van der Waals surface area contributed by atoms with E-state index >= 15 is 0 Å². The van der Waals surface area contributed by atoms with Crippen LogP contribution in [0.1, 0.15) is 17.2 Å². The summed E-state index contributed by atoms with van der Waals surface area (Å²) in [6, 6.07) is 9.43. The van der Waals surface area contributed by atoms with E-state index in [1.54, 1.807) is 24.3 Å². The molecule has 100 valence electrons. The highest BCUT2D eigenvalue weighted by Gasteiger charge is 2.14. The zero-order valence-electron chi connectivity index (χ0n) is 10.0. The Bertz CT molecular complexity index is 584. The molecule has 0 saturated carbocycles. The van der Waals surface area contributed by atoms with E-state index in [9.17, 15) is 9.50 Å². The molecule has 0 heterocycles. The van der Waals surface area contributed by atoms with Gasteiger partial charge in [0.15, 0.2) is 11.6 Å². The van der Waals surface area contributed by atoms with Crippen LogP contribution in [0.15, 0.2) is 40.9 Å². The molecular formula is C14H11BrClFO2. The average molecular weight is 346 g/mol. The van der Waals surface area contributed by atoms with E-state index in [4.69, 9.17) is 16.3 Å². The first kappa shape index (κ1) is 14.3. The third-order valence-corrected chi connectivity index (χ3v) is 3.37. The van der Waals surface area contributed by atoms with Gasteiger partial charge in [-0.2, -0.15) is 0 Å². The second kappa shape index (κ2) is 5.90. The Morgan fingerprint density at radius 1 is 1.21 bits per heavy atom.